The van der Waals surface area contributed by atoms with Gasteiger partial charge in [-0.2, -0.15) is 5.26 Å². The van der Waals surface area contributed by atoms with Crippen LogP contribution in [-0.2, 0) is 11.3 Å². The van der Waals surface area contributed by atoms with Crippen LogP contribution < -0.4 is 5.73 Å². The molecule has 0 saturated carbocycles. The van der Waals surface area contributed by atoms with Gasteiger partial charge in [-0.25, -0.2) is 4.79 Å². The number of carbonyl (C=O) groups is 1. The van der Waals surface area contributed by atoms with Gasteiger partial charge < -0.3 is 10.5 Å². The summed E-state index contributed by atoms with van der Waals surface area (Å²) in [7, 11) is 0. The number of halogens is 1. The van der Waals surface area contributed by atoms with Gasteiger partial charge in [-0.3, -0.25) is 0 Å². The lowest BCUT2D eigenvalue weighted by atomic mass is 10.0. The van der Waals surface area contributed by atoms with Crippen LogP contribution in [0, 0.1) is 11.3 Å². The van der Waals surface area contributed by atoms with Crippen LogP contribution in [-0.4, -0.2) is 12.6 Å². The number of rotatable bonds is 3. The molecule has 4 nitrogen and oxygen atoms in total. The number of carbonyl (C=O) groups excluding carboxylic acids is 1. The smallest absolute Gasteiger partial charge is 0.339 e. The number of nitriles is 1. The summed E-state index contributed by atoms with van der Waals surface area (Å²) in [5, 5.41) is 8.86. The molecule has 1 aromatic rings. The Morgan fingerprint density at radius 1 is 1.62 bits per heavy atom. The highest BCUT2D eigenvalue weighted by Crippen LogP contribution is 2.22. The molecule has 0 aliphatic carbocycles. The molecule has 0 aliphatic heterocycles. The Balaban J connectivity index is 3.22. The molecule has 0 unspecified atom stereocenters. The van der Waals surface area contributed by atoms with E-state index in [1.807, 2.05) is 6.07 Å². The number of hydrogen-bond acceptors (Lipinski definition) is 4. The third-order valence-electron chi connectivity index (χ3n) is 2.03. The van der Waals surface area contributed by atoms with E-state index in [4.69, 9.17) is 15.7 Å². The third kappa shape index (κ3) is 2.60. The predicted molar refractivity (Wildman–Crippen MR) is 62.7 cm³/mol. The lowest BCUT2D eigenvalue weighted by molar-refractivity contribution is 0.0525. The van der Waals surface area contributed by atoms with Crippen LogP contribution in [0.15, 0.2) is 16.6 Å². The number of esters is 1. The van der Waals surface area contributed by atoms with Gasteiger partial charge in [0.05, 0.1) is 23.8 Å². The van der Waals surface area contributed by atoms with E-state index in [9.17, 15) is 4.79 Å². The summed E-state index contributed by atoms with van der Waals surface area (Å²) in [5.74, 6) is -0.423. The fraction of sp³-hybridized carbons (Fsp3) is 0.273. The quantitative estimate of drug-likeness (QED) is 0.860. The first-order valence-corrected chi connectivity index (χ1v) is 5.53. The molecule has 0 aliphatic rings. The lowest BCUT2D eigenvalue weighted by Gasteiger charge is -2.07. The van der Waals surface area contributed by atoms with Crippen LogP contribution in [0.5, 0.6) is 0 Å². The number of nitrogens with two attached hydrogens (primary N) is 1. The SMILES string of the molecule is CCOC(=O)c1cc(CN)c(C#N)cc1Br. The first kappa shape index (κ1) is 12.7. The largest absolute Gasteiger partial charge is 0.462 e. The van der Waals surface area contributed by atoms with E-state index in [2.05, 4.69) is 15.9 Å². The summed E-state index contributed by atoms with van der Waals surface area (Å²) in [6.45, 7) is 2.26. The highest BCUT2D eigenvalue weighted by molar-refractivity contribution is 9.10. The van der Waals surface area contributed by atoms with Crippen molar-refractivity contribution in [3.05, 3.63) is 33.3 Å². The van der Waals surface area contributed by atoms with Crippen molar-refractivity contribution in [3.63, 3.8) is 0 Å². The molecule has 0 radical (unpaired) electrons. The van der Waals surface area contributed by atoms with Crippen molar-refractivity contribution in [1.82, 2.24) is 0 Å². The Morgan fingerprint density at radius 2 is 2.31 bits per heavy atom. The second-order valence-corrected chi connectivity index (χ2v) is 3.88. The second-order valence-electron chi connectivity index (χ2n) is 3.03. The topological polar surface area (TPSA) is 76.1 Å². The Bertz CT molecular complexity index is 452. The zero-order chi connectivity index (χ0) is 12.1. The molecule has 0 amide bonds. The van der Waals surface area contributed by atoms with E-state index in [1.165, 1.54) is 0 Å². The van der Waals surface area contributed by atoms with Gasteiger partial charge in [0.2, 0.25) is 0 Å². The summed E-state index contributed by atoms with van der Waals surface area (Å²) < 4.78 is 5.43. The monoisotopic (exact) mass is 282 g/mol. The molecule has 0 saturated heterocycles. The van der Waals surface area contributed by atoms with Crippen LogP contribution in [0.3, 0.4) is 0 Å². The molecule has 0 atom stereocenters. The zero-order valence-electron chi connectivity index (χ0n) is 8.79. The normalized spacial score (nSPS) is 9.62. The van der Waals surface area contributed by atoms with Gasteiger partial charge in [-0.05, 0) is 40.5 Å². The predicted octanol–water partition coefficient (Wildman–Crippen LogP) is 1.96. The van der Waals surface area contributed by atoms with Gasteiger partial charge in [0.25, 0.3) is 0 Å². The third-order valence-corrected chi connectivity index (χ3v) is 2.68. The maximum Gasteiger partial charge on any atom is 0.339 e. The summed E-state index contributed by atoms with van der Waals surface area (Å²) in [6, 6.07) is 5.19. The molecule has 16 heavy (non-hydrogen) atoms. The van der Waals surface area contributed by atoms with Crippen molar-refractivity contribution in [2.45, 2.75) is 13.5 Å². The fourth-order valence-corrected chi connectivity index (χ4v) is 1.76. The molecule has 2 N–H and O–H groups in total. The van der Waals surface area contributed by atoms with E-state index in [0.717, 1.165) is 0 Å². The van der Waals surface area contributed by atoms with Gasteiger partial charge in [0.1, 0.15) is 0 Å². The molecule has 0 fully saturated rings. The zero-order valence-corrected chi connectivity index (χ0v) is 10.4. The van der Waals surface area contributed by atoms with Gasteiger partial charge in [-0.1, -0.05) is 0 Å². The average molecular weight is 283 g/mol. The molecular weight excluding hydrogens is 272 g/mol. The van der Waals surface area contributed by atoms with Gasteiger partial charge in [-0.15, -0.1) is 0 Å². The molecule has 0 spiro atoms. The van der Waals surface area contributed by atoms with Crippen LogP contribution >= 0.6 is 15.9 Å². The van der Waals surface area contributed by atoms with E-state index < -0.39 is 5.97 Å². The minimum atomic E-state index is -0.423. The minimum absolute atomic E-state index is 0.211. The van der Waals surface area contributed by atoms with Gasteiger partial charge >= 0.3 is 5.97 Å². The molecule has 0 bridgehead atoms. The fourth-order valence-electron chi connectivity index (χ4n) is 1.26. The maximum atomic E-state index is 11.6. The summed E-state index contributed by atoms with van der Waals surface area (Å²) in [4.78, 5) is 11.6. The molecule has 1 rings (SSSR count). The van der Waals surface area contributed by atoms with Crippen LogP contribution in [0.1, 0.15) is 28.4 Å². The maximum absolute atomic E-state index is 11.6. The Labute approximate surface area is 102 Å². The summed E-state index contributed by atoms with van der Waals surface area (Å²) >= 11 is 3.23. The van der Waals surface area contributed by atoms with Crippen molar-refractivity contribution in [2.75, 3.05) is 6.61 Å². The minimum Gasteiger partial charge on any atom is -0.462 e. The molecule has 0 heterocycles. The highest BCUT2D eigenvalue weighted by atomic mass is 79.9. The van der Waals surface area contributed by atoms with E-state index >= 15 is 0 Å². The Morgan fingerprint density at radius 3 is 2.81 bits per heavy atom. The lowest BCUT2D eigenvalue weighted by Crippen LogP contribution is -2.08. The number of nitrogens with zero attached hydrogens (tertiary/aromatic N) is 1. The standard InChI is InChI=1S/C11H11BrN2O2/c1-2-16-11(15)9-3-7(5-13)8(6-14)4-10(9)12/h3-4H,2,5,13H2,1H3. The number of hydrogen-bond donors (Lipinski definition) is 1. The van der Waals surface area contributed by atoms with E-state index in [-0.39, 0.29) is 6.54 Å². The van der Waals surface area contributed by atoms with Gasteiger partial charge in [0, 0.05) is 11.0 Å². The summed E-state index contributed by atoms with van der Waals surface area (Å²) in [6.07, 6.45) is 0. The molecule has 1 aromatic carbocycles. The van der Waals surface area contributed by atoms with Crippen molar-refractivity contribution in [1.29, 1.82) is 5.26 Å². The van der Waals surface area contributed by atoms with E-state index in [1.54, 1.807) is 19.1 Å². The van der Waals surface area contributed by atoms with Crippen molar-refractivity contribution in [2.24, 2.45) is 5.73 Å². The first-order chi connectivity index (χ1) is 7.63. The van der Waals surface area contributed by atoms with Gasteiger partial charge in [0.15, 0.2) is 0 Å². The number of ether oxygens (including phenoxy) is 1. The van der Waals surface area contributed by atoms with Crippen molar-refractivity contribution in [3.8, 4) is 6.07 Å². The molecule has 0 aromatic heterocycles. The molecule has 5 heteroatoms. The highest BCUT2D eigenvalue weighted by Gasteiger charge is 2.14. The Hall–Kier alpha value is -1.38. The van der Waals surface area contributed by atoms with Crippen LogP contribution in [0.4, 0.5) is 0 Å². The van der Waals surface area contributed by atoms with Crippen LogP contribution in [0.25, 0.3) is 0 Å². The Kier molecular flexibility index (Phi) is 4.47. The first-order valence-electron chi connectivity index (χ1n) is 4.73. The summed E-state index contributed by atoms with van der Waals surface area (Å²) in [5.41, 5.74) is 6.98. The number of benzene rings is 1. The molecular formula is C11H11BrN2O2. The van der Waals surface area contributed by atoms with Crippen molar-refractivity contribution >= 4 is 21.9 Å². The second kappa shape index (κ2) is 5.64. The van der Waals surface area contributed by atoms with Crippen molar-refractivity contribution < 1.29 is 9.53 Å². The molecule has 84 valence electrons. The van der Waals surface area contributed by atoms with Crippen LogP contribution in [0.2, 0.25) is 0 Å². The van der Waals surface area contributed by atoms with E-state index in [0.29, 0.717) is 27.8 Å². The average Bonchev–Trinajstić information content (AvgIpc) is 2.28.